The Morgan fingerprint density at radius 1 is 0.909 bits per heavy atom. The molecule has 5 rings (SSSR count). The second kappa shape index (κ2) is 8.31. The fourth-order valence-electron chi connectivity index (χ4n) is 3.96. The van der Waals surface area contributed by atoms with Gasteiger partial charge in [0.15, 0.2) is 11.2 Å². The van der Waals surface area contributed by atoms with Gasteiger partial charge in [-0.25, -0.2) is 8.42 Å². The van der Waals surface area contributed by atoms with Crippen LogP contribution in [0.2, 0.25) is 0 Å². The maximum atomic E-state index is 13.0. The lowest BCUT2D eigenvalue weighted by Crippen LogP contribution is -2.36. The third-order valence-corrected chi connectivity index (χ3v) is 7.54. The van der Waals surface area contributed by atoms with Gasteiger partial charge in [0.1, 0.15) is 5.58 Å². The van der Waals surface area contributed by atoms with Gasteiger partial charge >= 0.3 is 0 Å². The fourth-order valence-corrected chi connectivity index (χ4v) is 5.40. The summed E-state index contributed by atoms with van der Waals surface area (Å²) in [5.41, 5.74) is 2.38. The number of hydrogen-bond acceptors (Lipinski definition) is 5. The highest BCUT2D eigenvalue weighted by molar-refractivity contribution is 7.89. The molecule has 3 aromatic carbocycles. The lowest BCUT2D eigenvalue weighted by molar-refractivity contribution is 0.0997. The van der Waals surface area contributed by atoms with E-state index in [0.29, 0.717) is 29.6 Å². The zero-order valence-electron chi connectivity index (χ0n) is 17.5. The van der Waals surface area contributed by atoms with Crippen LogP contribution in [-0.2, 0) is 23.0 Å². The molecule has 0 fully saturated rings. The fraction of sp³-hybridized carbons (Fsp3) is 0.120. The largest absolute Gasteiger partial charge is 0.451 e. The van der Waals surface area contributed by atoms with Gasteiger partial charge < -0.3 is 9.73 Å². The van der Waals surface area contributed by atoms with Crippen LogP contribution in [0.1, 0.15) is 21.7 Å². The minimum absolute atomic E-state index is 0.0929. The zero-order valence-corrected chi connectivity index (χ0v) is 18.3. The average Bonchev–Trinajstić information content (AvgIpc) is 2.84. The topological polar surface area (TPSA) is 96.7 Å². The van der Waals surface area contributed by atoms with Crippen LogP contribution < -0.4 is 10.7 Å². The van der Waals surface area contributed by atoms with Crippen molar-refractivity contribution < 1.29 is 17.6 Å². The van der Waals surface area contributed by atoms with Crippen LogP contribution in [0.4, 0.5) is 5.69 Å². The molecule has 0 radical (unpaired) electrons. The molecular formula is C25H20N2O5S. The van der Waals surface area contributed by atoms with Crippen molar-refractivity contribution in [1.82, 2.24) is 4.31 Å². The summed E-state index contributed by atoms with van der Waals surface area (Å²) in [6, 6.07) is 21.6. The van der Waals surface area contributed by atoms with Crippen LogP contribution in [0.15, 0.2) is 93.0 Å². The van der Waals surface area contributed by atoms with Gasteiger partial charge in [0.05, 0.1) is 10.3 Å². The second-order valence-corrected chi connectivity index (χ2v) is 9.75. The summed E-state index contributed by atoms with van der Waals surface area (Å²) in [5.74, 6) is -0.646. The Hall–Kier alpha value is -3.75. The number of sulfonamides is 1. The van der Waals surface area contributed by atoms with E-state index in [9.17, 15) is 18.0 Å². The Morgan fingerprint density at radius 2 is 1.67 bits per heavy atom. The number of rotatable bonds is 4. The Kier molecular flexibility index (Phi) is 5.32. The molecule has 1 aromatic heterocycles. The van der Waals surface area contributed by atoms with Crippen molar-refractivity contribution in [3.8, 4) is 0 Å². The number of benzene rings is 3. The van der Waals surface area contributed by atoms with E-state index in [4.69, 9.17) is 4.42 Å². The SMILES string of the molecule is O=C(Nc1ccc2c(c1)CN(S(=O)(=O)c1ccccc1)CC2)c1cc(=O)c2ccccc2o1. The van der Waals surface area contributed by atoms with Gasteiger partial charge in [-0.3, -0.25) is 9.59 Å². The molecule has 1 N–H and O–H groups in total. The molecule has 33 heavy (non-hydrogen) atoms. The van der Waals surface area contributed by atoms with E-state index in [1.54, 1.807) is 66.7 Å². The molecule has 0 atom stereocenters. The molecule has 0 bridgehead atoms. The van der Waals surface area contributed by atoms with Crippen molar-refractivity contribution in [3.63, 3.8) is 0 Å². The summed E-state index contributed by atoms with van der Waals surface area (Å²) in [5, 5.41) is 3.15. The lowest BCUT2D eigenvalue weighted by atomic mass is 10.0. The van der Waals surface area contributed by atoms with Crippen molar-refractivity contribution in [2.24, 2.45) is 0 Å². The monoisotopic (exact) mass is 460 g/mol. The predicted octanol–water partition coefficient (Wildman–Crippen LogP) is 3.79. The highest BCUT2D eigenvalue weighted by atomic mass is 32.2. The standard InChI is InChI=1S/C25H20N2O5S/c28-22-15-24(32-23-9-5-4-8-21(22)23)25(29)26-19-11-10-17-12-13-27(16-18(17)14-19)33(30,31)20-6-2-1-3-7-20/h1-11,14-15H,12-13,16H2,(H,26,29). The van der Waals surface area contributed by atoms with Gasteiger partial charge in [0.2, 0.25) is 10.0 Å². The summed E-state index contributed by atoms with van der Waals surface area (Å²) in [4.78, 5) is 25.3. The summed E-state index contributed by atoms with van der Waals surface area (Å²) in [6.07, 6.45) is 0.579. The van der Waals surface area contributed by atoms with Crippen molar-refractivity contribution >= 4 is 32.6 Å². The van der Waals surface area contributed by atoms with E-state index >= 15 is 0 Å². The molecule has 1 aliphatic rings. The van der Waals surface area contributed by atoms with Crippen molar-refractivity contribution in [1.29, 1.82) is 0 Å². The predicted molar refractivity (Wildman–Crippen MR) is 125 cm³/mol. The number of anilines is 1. The number of nitrogens with one attached hydrogen (secondary N) is 1. The molecule has 0 unspecified atom stereocenters. The highest BCUT2D eigenvalue weighted by Gasteiger charge is 2.28. The van der Waals surface area contributed by atoms with Crippen LogP contribution in [0.5, 0.6) is 0 Å². The maximum absolute atomic E-state index is 13.0. The minimum atomic E-state index is -3.61. The second-order valence-electron chi connectivity index (χ2n) is 7.81. The lowest BCUT2D eigenvalue weighted by Gasteiger charge is -2.28. The van der Waals surface area contributed by atoms with E-state index in [1.807, 2.05) is 6.07 Å². The first-order valence-electron chi connectivity index (χ1n) is 10.4. The first kappa shape index (κ1) is 21.1. The smallest absolute Gasteiger partial charge is 0.291 e. The molecule has 0 aliphatic carbocycles. The van der Waals surface area contributed by atoms with Gasteiger partial charge in [-0.05, 0) is 53.9 Å². The third-order valence-electron chi connectivity index (χ3n) is 5.68. The molecular weight excluding hydrogens is 440 g/mol. The Labute approximate surface area is 190 Å². The van der Waals surface area contributed by atoms with Crippen LogP contribution in [0, 0.1) is 0 Å². The highest BCUT2D eigenvalue weighted by Crippen LogP contribution is 2.27. The maximum Gasteiger partial charge on any atom is 0.291 e. The van der Waals surface area contributed by atoms with Crippen LogP contribution in [0.25, 0.3) is 11.0 Å². The Morgan fingerprint density at radius 3 is 2.48 bits per heavy atom. The van der Waals surface area contributed by atoms with Crippen LogP contribution >= 0.6 is 0 Å². The molecule has 2 heterocycles. The number of amides is 1. The van der Waals surface area contributed by atoms with E-state index in [-0.39, 0.29) is 22.6 Å². The Bertz CT molecular complexity index is 1530. The van der Waals surface area contributed by atoms with E-state index < -0.39 is 15.9 Å². The molecule has 8 heteroatoms. The summed E-state index contributed by atoms with van der Waals surface area (Å²) < 4.78 is 33.0. The number of fused-ring (bicyclic) bond motifs is 2. The molecule has 1 aliphatic heterocycles. The molecule has 0 saturated carbocycles. The number of carbonyl (C=O) groups excluding carboxylic acids is 1. The first-order valence-corrected chi connectivity index (χ1v) is 11.9. The van der Waals surface area contributed by atoms with Gasteiger partial charge in [-0.15, -0.1) is 0 Å². The van der Waals surface area contributed by atoms with Gasteiger partial charge in [0.25, 0.3) is 5.91 Å². The molecule has 0 spiro atoms. The summed E-state index contributed by atoms with van der Waals surface area (Å²) in [6.45, 7) is 0.597. The van der Waals surface area contributed by atoms with Crippen molar-refractivity contribution in [2.75, 3.05) is 11.9 Å². The van der Waals surface area contributed by atoms with Crippen LogP contribution in [0.3, 0.4) is 0 Å². The molecule has 0 saturated heterocycles. The molecule has 1 amide bonds. The van der Waals surface area contributed by atoms with Crippen molar-refractivity contribution in [2.45, 2.75) is 17.9 Å². The molecule has 4 aromatic rings. The minimum Gasteiger partial charge on any atom is -0.451 e. The number of hydrogen-bond donors (Lipinski definition) is 1. The summed E-state index contributed by atoms with van der Waals surface area (Å²) >= 11 is 0. The number of para-hydroxylation sites is 1. The zero-order chi connectivity index (χ0) is 23.0. The number of nitrogens with zero attached hydrogens (tertiary/aromatic N) is 1. The van der Waals surface area contributed by atoms with Gasteiger partial charge in [0, 0.05) is 24.8 Å². The van der Waals surface area contributed by atoms with E-state index in [2.05, 4.69) is 5.32 Å². The van der Waals surface area contributed by atoms with Crippen LogP contribution in [-0.4, -0.2) is 25.2 Å². The van der Waals surface area contributed by atoms with Gasteiger partial charge in [-0.2, -0.15) is 4.31 Å². The average molecular weight is 461 g/mol. The normalized spacial score (nSPS) is 14.1. The third kappa shape index (κ3) is 4.06. The Balaban J connectivity index is 1.39. The number of carbonyl (C=O) groups is 1. The first-order chi connectivity index (χ1) is 15.9. The van der Waals surface area contributed by atoms with E-state index in [0.717, 1.165) is 11.1 Å². The van der Waals surface area contributed by atoms with E-state index in [1.165, 1.54) is 10.4 Å². The van der Waals surface area contributed by atoms with Crippen molar-refractivity contribution in [3.05, 3.63) is 106 Å². The quantitative estimate of drug-likeness (QED) is 0.500. The molecule has 7 nitrogen and oxygen atoms in total. The summed E-state index contributed by atoms with van der Waals surface area (Å²) in [7, 11) is -3.61. The molecule has 166 valence electrons. The van der Waals surface area contributed by atoms with Gasteiger partial charge in [-0.1, -0.05) is 36.4 Å².